The van der Waals surface area contributed by atoms with Gasteiger partial charge in [0.15, 0.2) is 0 Å². The van der Waals surface area contributed by atoms with Crippen LogP contribution in [0.4, 0.5) is 0 Å². The molecular formula is C15H18ClNO3. The van der Waals surface area contributed by atoms with Gasteiger partial charge in [0.1, 0.15) is 6.61 Å². The second-order valence-corrected chi connectivity index (χ2v) is 4.78. The molecule has 0 saturated carbocycles. The van der Waals surface area contributed by atoms with E-state index in [1.807, 2.05) is 6.92 Å². The first-order valence-corrected chi connectivity index (χ1v) is 6.54. The Balaban J connectivity index is 2.92. The zero-order chi connectivity index (χ0) is 15.1. The van der Waals surface area contributed by atoms with E-state index in [4.69, 9.17) is 21.4 Å². The van der Waals surface area contributed by atoms with Gasteiger partial charge in [-0.15, -0.1) is 0 Å². The first-order valence-electron chi connectivity index (χ1n) is 6.16. The third kappa shape index (κ3) is 4.24. The Labute approximate surface area is 124 Å². The van der Waals surface area contributed by atoms with Crippen molar-refractivity contribution >= 4 is 17.5 Å². The number of aliphatic hydroxyl groups is 1. The van der Waals surface area contributed by atoms with Crippen LogP contribution in [0.2, 0.25) is 5.02 Å². The van der Waals surface area contributed by atoms with Crippen LogP contribution in [-0.2, 0) is 4.74 Å². The van der Waals surface area contributed by atoms with Crippen molar-refractivity contribution in [3.8, 4) is 11.8 Å². The highest BCUT2D eigenvalue weighted by Crippen LogP contribution is 2.18. The summed E-state index contributed by atoms with van der Waals surface area (Å²) >= 11 is 6.08. The summed E-state index contributed by atoms with van der Waals surface area (Å²) in [6.45, 7) is 2.15. The lowest BCUT2D eigenvalue weighted by Crippen LogP contribution is -2.37. The van der Waals surface area contributed by atoms with Gasteiger partial charge in [0.2, 0.25) is 0 Å². The normalized spacial score (nSPS) is 11.4. The predicted molar refractivity (Wildman–Crippen MR) is 78.8 cm³/mol. The number of aliphatic hydroxyl groups excluding tert-OH is 1. The molecule has 1 amide bonds. The molecular weight excluding hydrogens is 278 g/mol. The minimum absolute atomic E-state index is 0.0277. The third-order valence-corrected chi connectivity index (χ3v) is 3.22. The Hall–Kier alpha value is -1.54. The zero-order valence-electron chi connectivity index (χ0n) is 11.8. The number of methoxy groups -OCH3 is 1. The van der Waals surface area contributed by atoms with Gasteiger partial charge in [-0.2, -0.15) is 0 Å². The van der Waals surface area contributed by atoms with Crippen LogP contribution in [0.3, 0.4) is 0 Å². The molecule has 0 bridgehead atoms. The molecule has 0 aliphatic carbocycles. The van der Waals surface area contributed by atoms with Crippen LogP contribution in [0.15, 0.2) is 18.2 Å². The Morgan fingerprint density at radius 1 is 1.55 bits per heavy atom. The van der Waals surface area contributed by atoms with E-state index in [1.54, 1.807) is 37.3 Å². The van der Waals surface area contributed by atoms with Gasteiger partial charge in [-0.3, -0.25) is 4.79 Å². The minimum Gasteiger partial charge on any atom is -0.384 e. The van der Waals surface area contributed by atoms with E-state index < -0.39 is 0 Å². The fraction of sp³-hybridized carbons (Fsp3) is 0.400. The lowest BCUT2D eigenvalue weighted by atomic mass is 10.1. The second-order valence-electron chi connectivity index (χ2n) is 4.37. The number of nitrogens with zero attached hydrogens (tertiary/aromatic N) is 1. The number of carbonyl (C=O) groups excluding carboxylic acids is 1. The summed E-state index contributed by atoms with van der Waals surface area (Å²) in [7, 11) is 3.32. The number of ether oxygens (including phenoxy) is 1. The van der Waals surface area contributed by atoms with Crippen molar-refractivity contribution in [1.29, 1.82) is 0 Å². The molecule has 0 aromatic heterocycles. The smallest absolute Gasteiger partial charge is 0.253 e. The molecule has 1 atom stereocenters. The maximum absolute atomic E-state index is 12.3. The Morgan fingerprint density at radius 2 is 2.25 bits per heavy atom. The van der Waals surface area contributed by atoms with Crippen LogP contribution in [0, 0.1) is 11.8 Å². The summed E-state index contributed by atoms with van der Waals surface area (Å²) in [5, 5.41) is 9.05. The van der Waals surface area contributed by atoms with Gasteiger partial charge in [0.25, 0.3) is 5.91 Å². The highest BCUT2D eigenvalue weighted by Gasteiger charge is 2.18. The molecule has 20 heavy (non-hydrogen) atoms. The number of halogens is 1. The molecule has 1 rings (SSSR count). The average molecular weight is 296 g/mol. The molecule has 0 spiro atoms. The fourth-order valence-electron chi connectivity index (χ4n) is 1.64. The van der Waals surface area contributed by atoms with E-state index in [0.717, 1.165) is 0 Å². The summed E-state index contributed by atoms with van der Waals surface area (Å²) in [6.07, 6.45) is 0. The molecule has 0 heterocycles. The van der Waals surface area contributed by atoms with E-state index in [9.17, 15) is 4.79 Å². The van der Waals surface area contributed by atoms with E-state index >= 15 is 0 Å². The number of amides is 1. The third-order valence-electron chi connectivity index (χ3n) is 2.91. The Morgan fingerprint density at radius 3 is 2.80 bits per heavy atom. The maximum atomic E-state index is 12.3. The van der Waals surface area contributed by atoms with Gasteiger partial charge in [-0.05, 0) is 25.1 Å². The molecule has 0 aliphatic rings. The SMILES string of the molecule is COCC(C)N(C)C(=O)c1ccc(C#CCO)c(Cl)c1. The molecule has 1 N–H and O–H groups in total. The van der Waals surface area contributed by atoms with Crippen LogP contribution >= 0.6 is 11.6 Å². The van der Waals surface area contributed by atoms with Crippen molar-refractivity contribution in [1.82, 2.24) is 4.90 Å². The molecule has 1 unspecified atom stereocenters. The summed E-state index contributed by atoms with van der Waals surface area (Å²) in [4.78, 5) is 13.9. The molecule has 1 aromatic carbocycles. The average Bonchev–Trinajstić information content (AvgIpc) is 2.44. The number of benzene rings is 1. The molecule has 108 valence electrons. The molecule has 0 aliphatic heterocycles. The van der Waals surface area contributed by atoms with Gasteiger partial charge in [0.05, 0.1) is 17.7 Å². The highest BCUT2D eigenvalue weighted by atomic mass is 35.5. The standard InChI is InChI=1S/C15H18ClNO3/c1-11(10-20-3)17(2)15(19)13-7-6-12(5-4-8-18)14(16)9-13/h6-7,9,11,18H,8,10H2,1-3H3. The van der Waals surface area contributed by atoms with Crippen LogP contribution in [0.1, 0.15) is 22.8 Å². The number of carbonyl (C=O) groups is 1. The lowest BCUT2D eigenvalue weighted by molar-refractivity contribution is 0.0633. The van der Waals surface area contributed by atoms with Gasteiger partial charge in [-0.25, -0.2) is 0 Å². The van der Waals surface area contributed by atoms with E-state index in [-0.39, 0.29) is 18.6 Å². The van der Waals surface area contributed by atoms with Crippen molar-refractivity contribution in [2.24, 2.45) is 0 Å². The minimum atomic E-state index is -0.228. The first kappa shape index (κ1) is 16.5. The quantitative estimate of drug-likeness (QED) is 0.862. The molecule has 0 fully saturated rings. The molecule has 0 radical (unpaired) electrons. The van der Waals surface area contributed by atoms with Crippen molar-refractivity contribution in [2.45, 2.75) is 13.0 Å². The van der Waals surface area contributed by atoms with Crippen molar-refractivity contribution in [2.75, 3.05) is 27.4 Å². The lowest BCUT2D eigenvalue weighted by Gasteiger charge is -2.24. The maximum Gasteiger partial charge on any atom is 0.253 e. The number of hydrogen-bond acceptors (Lipinski definition) is 3. The monoisotopic (exact) mass is 295 g/mol. The number of hydrogen-bond donors (Lipinski definition) is 1. The van der Waals surface area contributed by atoms with Crippen LogP contribution in [-0.4, -0.2) is 49.3 Å². The highest BCUT2D eigenvalue weighted by molar-refractivity contribution is 6.32. The van der Waals surface area contributed by atoms with Crippen LogP contribution in [0.5, 0.6) is 0 Å². The molecule has 1 aromatic rings. The van der Waals surface area contributed by atoms with E-state index in [0.29, 0.717) is 22.8 Å². The number of likely N-dealkylation sites (N-methyl/N-ethyl adjacent to an activating group) is 1. The summed E-state index contributed by atoms with van der Waals surface area (Å²) in [5.41, 5.74) is 1.08. The Bertz CT molecular complexity index is 534. The summed E-state index contributed by atoms with van der Waals surface area (Å²) in [6, 6.07) is 4.90. The zero-order valence-corrected chi connectivity index (χ0v) is 12.6. The van der Waals surface area contributed by atoms with Crippen LogP contribution < -0.4 is 0 Å². The molecule has 5 heteroatoms. The van der Waals surface area contributed by atoms with Crippen molar-refractivity contribution in [3.05, 3.63) is 34.3 Å². The van der Waals surface area contributed by atoms with Crippen molar-refractivity contribution < 1.29 is 14.6 Å². The van der Waals surface area contributed by atoms with Gasteiger partial charge in [-0.1, -0.05) is 23.4 Å². The number of rotatable bonds is 4. The van der Waals surface area contributed by atoms with E-state index in [2.05, 4.69) is 11.8 Å². The largest absolute Gasteiger partial charge is 0.384 e. The summed E-state index contributed by atoms with van der Waals surface area (Å²) in [5.74, 6) is 5.12. The first-order chi connectivity index (χ1) is 9.51. The fourth-order valence-corrected chi connectivity index (χ4v) is 1.87. The second kappa shape index (κ2) is 7.91. The Kier molecular flexibility index (Phi) is 6.53. The van der Waals surface area contributed by atoms with E-state index in [1.165, 1.54) is 0 Å². The summed E-state index contributed by atoms with van der Waals surface area (Å²) < 4.78 is 5.04. The van der Waals surface area contributed by atoms with Gasteiger partial charge >= 0.3 is 0 Å². The molecule has 0 saturated heterocycles. The predicted octanol–water partition coefficient (Wildman–Crippen LogP) is 1.79. The van der Waals surface area contributed by atoms with Gasteiger partial charge in [0, 0.05) is 25.3 Å². The van der Waals surface area contributed by atoms with Crippen LogP contribution in [0.25, 0.3) is 0 Å². The van der Waals surface area contributed by atoms with Gasteiger partial charge < -0.3 is 14.7 Å². The van der Waals surface area contributed by atoms with Crippen molar-refractivity contribution in [3.63, 3.8) is 0 Å². The molecule has 4 nitrogen and oxygen atoms in total. The topological polar surface area (TPSA) is 49.8 Å².